The summed E-state index contributed by atoms with van der Waals surface area (Å²) in [5, 5.41) is 0. The van der Waals surface area contributed by atoms with Crippen molar-refractivity contribution in [3.05, 3.63) is 12.2 Å². The molecule has 1 rings (SSSR count). The van der Waals surface area contributed by atoms with Crippen molar-refractivity contribution in [3.63, 3.8) is 0 Å². The second kappa shape index (κ2) is 9.33. The minimum absolute atomic E-state index is 0.175. The van der Waals surface area contributed by atoms with Crippen molar-refractivity contribution >= 4 is 17.7 Å². The Labute approximate surface area is 157 Å². The van der Waals surface area contributed by atoms with Gasteiger partial charge in [0.25, 0.3) is 5.91 Å². The van der Waals surface area contributed by atoms with Gasteiger partial charge < -0.3 is 10.5 Å². The van der Waals surface area contributed by atoms with Crippen molar-refractivity contribution in [2.75, 3.05) is 0 Å². The molecule has 26 heavy (non-hydrogen) atoms. The lowest BCUT2D eigenvalue weighted by Crippen LogP contribution is -2.48. The van der Waals surface area contributed by atoms with E-state index in [1.54, 1.807) is 13.8 Å². The SMILES string of the molecule is CC1C(=O)CCCCCCC=CCC(C(N)=O)OC(=O)C(C)(C)C1(C)C. The molecule has 5 heteroatoms. The van der Waals surface area contributed by atoms with E-state index in [2.05, 4.69) is 0 Å². The molecule has 0 fully saturated rings. The molecule has 0 aromatic rings. The van der Waals surface area contributed by atoms with Gasteiger partial charge in [0.05, 0.1) is 5.41 Å². The number of hydrogen-bond donors (Lipinski definition) is 1. The third-order valence-corrected chi connectivity index (χ3v) is 6.31. The molecular formula is C21H35NO4. The number of carbonyl (C=O) groups is 3. The first-order valence-corrected chi connectivity index (χ1v) is 9.70. The first kappa shape index (κ1) is 22.4. The van der Waals surface area contributed by atoms with Crippen LogP contribution < -0.4 is 5.73 Å². The van der Waals surface area contributed by atoms with E-state index >= 15 is 0 Å². The van der Waals surface area contributed by atoms with Crippen LogP contribution in [-0.2, 0) is 19.1 Å². The van der Waals surface area contributed by atoms with Crippen LogP contribution in [0.5, 0.6) is 0 Å². The van der Waals surface area contributed by atoms with Gasteiger partial charge in [-0.2, -0.15) is 0 Å². The minimum Gasteiger partial charge on any atom is -0.452 e. The Kier molecular flexibility index (Phi) is 8.04. The number of ketones is 1. The number of primary amides is 1. The van der Waals surface area contributed by atoms with Crippen LogP contribution in [0.25, 0.3) is 0 Å². The van der Waals surface area contributed by atoms with Gasteiger partial charge in [-0.1, -0.05) is 45.8 Å². The van der Waals surface area contributed by atoms with Crippen LogP contribution >= 0.6 is 0 Å². The highest BCUT2D eigenvalue weighted by atomic mass is 16.5. The van der Waals surface area contributed by atoms with Crippen LogP contribution in [0.4, 0.5) is 0 Å². The van der Waals surface area contributed by atoms with Crippen LogP contribution in [0.2, 0.25) is 0 Å². The average molecular weight is 366 g/mol. The molecule has 0 radical (unpaired) electrons. The smallest absolute Gasteiger partial charge is 0.312 e. The fourth-order valence-corrected chi connectivity index (χ4v) is 3.17. The number of amides is 1. The number of nitrogens with two attached hydrogens (primary N) is 1. The van der Waals surface area contributed by atoms with Gasteiger partial charge in [0.2, 0.25) is 0 Å². The van der Waals surface area contributed by atoms with Crippen LogP contribution in [0.15, 0.2) is 12.2 Å². The Morgan fingerprint density at radius 3 is 2.31 bits per heavy atom. The zero-order chi connectivity index (χ0) is 20.0. The summed E-state index contributed by atoms with van der Waals surface area (Å²) in [6.45, 7) is 9.26. The van der Waals surface area contributed by atoms with E-state index in [-0.39, 0.29) is 18.1 Å². The molecule has 0 saturated carbocycles. The van der Waals surface area contributed by atoms with Crippen LogP contribution in [0, 0.1) is 16.7 Å². The quantitative estimate of drug-likeness (QED) is 0.563. The maximum absolute atomic E-state index is 12.8. The first-order chi connectivity index (χ1) is 12.0. The maximum Gasteiger partial charge on any atom is 0.312 e. The molecule has 0 aliphatic carbocycles. The minimum atomic E-state index is -0.979. The molecular weight excluding hydrogens is 330 g/mol. The summed E-state index contributed by atoms with van der Waals surface area (Å²) in [5.41, 5.74) is 3.86. The molecule has 1 amide bonds. The summed E-state index contributed by atoms with van der Waals surface area (Å²) < 4.78 is 5.47. The van der Waals surface area contributed by atoms with E-state index in [0.29, 0.717) is 6.42 Å². The van der Waals surface area contributed by atoms with Crippen LogP contribution in [0.3, 0.4) is 0 Å². The lowest BCUT2D eigenvalue weighted by Gasteiger charge is -2.43. The molecule has 5 nitrogen and oxygen atoms in total. The average Bonchev–Trinajstić information content (AvgIpc) is 2.56. The summed E-state index contributed by atoms with van der Waals surface area (Å²) in [6.07, 6.45) is 8.64. The van der Waals surface area contributed by atoms with Crippen LogP contribution in [0.1, 0.15) is 79.6 Å². The Bertz CT molecular complexity index is 548. The first-order valence-electron chi connectivity index (χ1n) is 9.70. The Balaban J connectivity index is 3.10. The maximum atomic E-state index is 12.8. The number of cyclic esters (lactones) is 1. The molecule has 1 heterocycles. The number of Topliss-reactive ketones (excluding diaryl/α,β-unsaturated/α-hetero) is 1. The molecule has 148 valence electrons. The highest BCUT2D eigenvalue weighted by Gasteiger charge is 2.50. The van der Waals surface area contributed by atoms with E-state index in [0.717, 1.165) is 32.1 Å². The van der Waals surface area contributed by atoms with E-state index < -0.39 is 28.8 Å². The fraction of sp³-hybridized carbons (Fsp3) is 0.762. The monoisotopic (exact) mass is 365 g/mol. The van der Waals surface area contributed by atoms with Crippen molar-refractivity contribution in [1.82, 2.24) is 0 Å². The zero-order valence-corrected chi connectivity index (χ0v) is 17.0. The Morgan fingerprint density at radius 2 is 1.69 bits per heavy atom. The largest absolute Gasteiger partial charge is 0.452 e. The molecule has 1 aliphatic rings. The van der Waals surface area contributed by atoms with Crippen molar-refractivity contribution in [3.8, 4) is 0 Å². The third-order valence-electron chi connectivity index (χ3n) is 6.31. The molecule has 0 saturated heterocycles. The highest BCUT2D eigenvalue weighted by Crippen LogP contribution is 2.46. The molecule has 1 aliphatic heterocycles. The predicted molar refractivity (Wildman–Crippen MR) is 102 cm³/mol. The van der Waals surface area contributed by atoms with E-state index in [1.807, 2.05) is 32.9 Å². The van der Waals surface area contributed by atoms with Crippen molar-refractivity contribution in [2.45, 2.75) is 85.7 Å². The van der Waals surface area contributed by atoms with E-state index in [9.17, 15) is 14.4 Å². The van der Waals surface area contributed by atoms with Gasteiger partial charge in [-0.3, -0.25) is 14.4 Å². The second-order valence-electron chi connectivity index (χ2n) is 8.49. The van der Waals surface area contributed by atoms with Gasteiger partial charge >= 0.3 is 5.97 Å². The topological polar surface area (TPSA) is 86.5 Å². The van der Waals surface area contributed by atoms with Gasteiger partial charge in [0.1, 0.15) is 5.78 Å². The fourth-order valence-electron chi connectivity index (χ4n) is 3.17. The summed E-state index contributed by atoms with van der Waals surface area (Å²) in [7, 11) is 0. The molecule has 2 N–H and O–H groups in total. The summed E-state index contributed by atoms with van der Waals surface area (Å²) in [5.74, 6) is -1.26. The molecule has 0 aromatic heterocycles. The molecule has 2 atom stereocenters. The van der Waals surface area contributed by atoms with Gasteiger partial charge in [0, 0.05) is 18.8 Å². The van der Waals surface area contributed by atoms with E-state index in [4.69, 9.17) is 10.5 Å². The molecule has 0 aromatic carbocycles. The summed E-state index contributed by atoms with van der Waals surface area (Å²) in [6, 6.07) is 0. The zero-order valence-electron chi connectivity index (χ0n) is 17.0. The standard InChI is InChI=1S/C21H35NO4/c1-15-16(23)13-11-9-7-6-8-10-12-14-17(18(22)24)26-19(25)21(4,5)20(15,2)3/h10,12,15,17H,6-9,11,13-14H2,1-5H3,(H2,22,24). The lowest BCUT2D eigenvalue weighted by molar-refractivity contribution is -0.172. The van der Waals surface area contributed by atoms with Gasteiger partial charge in [-0.05, 0) is 38.5 Å². The van der Waals surface area contributed by atoms with Gasteiger partial charge in [0.15, 0.2) is 6.10 Å². The van der Waals surface area contributed by atoms with Crippen LogP contribution in [-0.4, -0.2) is 23.8 Å². The predicted octanol–water partition coefficient (Wildman–Crippen LogP) is 3.94. The molecule has 0 spiro atoms. The molecule has 2 unspecified atom stereocenters. The number of allylic oxidation sites excluding steroid dienone is 1. The van der Waals surface area contributed by atoms with Gasteiger partial charge in [-0.25, -0.2) is 0 Å². The number of ether oxygens (including phenoxy) is 1. The number of rotatable bonds is 1. The second-order valence-corrected chi connectivity index (χ2v) is 8.49. The summed E-state index contributed by atoms with van der Waals surface area (Å²) in [4.78, 5) is 37.2. The lowest BCUT2D eigenvalue weighted by atomic mass is 9.60. The highest BCUT2D eigenvalue weighted by molar-refractivity contribution is 5.86. The number of carbonyl (C=O) groups excluding carboxylic acids is 3. The number of hydrogen-bond acceptors (Lipinski definition) is 4. The van der Waals surface area contributed by atoms with Gasteiger partial charge in [-0.15, -0.1) is 0 Å². The third kappa shape index (κ3) is 5.42. The normalized spacial score (nSPS) is 28.3. The van der Waals surface area contributed by atoms with Crippen molar-refractivity contribution < 1.29 is 19.1 Å². The summed E-state index contributed by atoms with van der Waals surface area (Å²) >= 11 is 0. The van der Waals surface area contributed by atoms with Crippen molar-refractivity contribution in [1.29, 1.82) is 0 Å². The molecule has 0 bridgehead atoms. The Hall–Kier alpha value is -1.65. The number of esters is 1. The Morgan fingerprint density at radius 1 is 1.08 bits per heavy atom. The van der Waals surface area contributed by atoms with E-state index in [1.165, 1.54) is 0 Å². The van der Waals surface area contributed by atoms with Crippen molar-refractivity contribution in [2.24, 2.45) is 22.5 Å².